The normalized spacial score (nSPS) is 12.4. The van der Waals surface area contributed by atoms with Gasteiger partial charge in [-0.3, -0.25) is 0 Å². The lowest BCUT2D eigenvalue weighted by molar-refractivity contribution is 0.545. The van der Waals surface area contributed by atoms with Gasteiger partial charge in [-0.05, 0) is 25.7 Å². The van der Waals surface area contributed by atoms with Crippen molar-refractivity contribution in [3.63, 3.8) is 0 Å². The van der Waals surface area contributed by atoms with E-state index in [4.69, 9.17) is 0 Å². The van der Waals surface area contributed by atoms with Crippen molar-refractivity contribution in [3.05, 3.63) is 11.6 Å². The average Bonchev–Trinajstić information content (AvgIpc) is 2.40. The Morgan fingerprint density at radius 1 is 0.737 bits per heavy atom. The minimum Gasteiger partial charge on any atom is -0.0882 e. The van der Waals surface area contributed by atoms with Gasteiger partial charge in [-0.15, -0.1) is 0 Å². The van der Waals surface area contributed by atoms with Crippen LogP contribution in [0, 0.1) is 5.92 Å². The Morgan fingerprint density at radius 2 is 1.16 bits per heavy atom. The Kier molecular flexibility index (Phi) is 14.0. The zero-order valence-electron chi connectivity index (χ0n) is 14.1. The summed E-state index contributed by atoms with van der Waals surface area (Å²) >= 11 is 0. The van der Waals surface area contributed by atoms with Crippen LogP contribution in [0.1, 0.15) is 105 Å². The van der Waals surface area contributed by atoms with Crippen LogP contribution in [-0.4, -0.2) is 0 Å². The van der Waals surface area contributed by atoms with Crippen molar-refractivity contribution in [3.8, 4) is 0 Å². The molecule has 0 N–H and O–H groups in total. The molecule has 0 aliphatic rings. The lowest BCUT2D eigenvalue weighted by Crippen LogP contribution is -1.93. The maximum Gasteiger partial charge on any atom is -0.0260 e. The first-order valence-corrected chi connectivity index (χ1v) is 8.87. The predicted molar refractivity (Wildman–Crippen MR) is 89.7 cm³/mol. The molecule has 0 aromatic heterocycles. The molecule has 0 heterocycles. The fourth-order valence-electron chi connectivity index (χ4n) is 2.76. The molecule has 0 saturated carbocycles. The van der Waals surface area contributed by atoms with E-state index in [9.17, 15) is 0 Å². The van der Waals surface area contributed by atoms with Gasteiger partial charge in [-0.1, -0.05) is 96.6 Å². The van der Waals surface area contributed by atoms with Crippen LogP contribution in [0.4, 0.5) is 0 Å². The highest BCUT2D eigenvalue weighted by Gasteiger charge is 2.01. The van der Waals surface area contributed by atoms with Crippen LogP contribution in [0.25, 0.3) is 0 Å². The summed E-state index contributed by atoms with van der Waals surface area (Å²) in [5.74, 6) is 0.744. The van der Waals surface area contributed by atoms with Gasteiger partial charge in [0.15, 0.2) is 0 Å². The molecule has 114 valence electrons. The zero-order valence-corrected chi connectivity index (χ0v) is 14.1. The van der Waals surface area contributed by atoms with Gasteiger partial charge in [0, 0.05) is 0 Å². The molecule has 19 heavy (non-hydrogen) atoms. The van der Waals surface area contributed by atoms with Crippen molar-refractivity contribution in [1.82, 2.24) is 0 Å². The largest absolute Gasteiger partial charge is 0.0882 e. The summed E-state index contributed by atoms with van der Waals surface area (Å²) in [7, 11) is 0. The van der Waals surface area contributed by atoms with E-state index in [0.717, 1.165) is 5.92 Å². The van der Waals surface area contributed by atoms with E-state index in [2.05, 4.69) is 33.8 Å². The molecular formula is C19H38. The van der Waals surface area contributed by atoms with E-state index < -0.39 is 0 Å². The van der Waals surface area contributed by atoms with Crippen LogP contribution in [0.5, 0.6) is 0 Å². The van der Waals surface area contributed by atoms with E-state index in [0.29, 0.717) is 0 Å². The molecule has 0 unspecified atom stereocenters. The predicted octanol–water partition coefficient (Wildman–Crippen LogP) is 7.29. The minimum atomic E-state index is 0.744. The monoisotopic (exact) mass is 266 g/mol. The summed E-state index contributed by atoms with van der Waals surface area (Å²) in [4.78, 5) is 0. The van der Waals surface area contributed by atoms with E-state index in [1.165, 1.54) is 77.0 Å². The van der Waals surface area contributed by atoms with E-state index >= 15 is 0 Å². The van der Waals surface area contributed by atoms with E-state index in [-0.39, 0.29) is 0 Å². The second-order valence-electron chi connectivity index (χ2n) is 6.30. The van der Waals surface area contributed by atoms with Crippen LogP contribution < -0.4 is 0 Å². The Labute approximate surface area is 123 Å². The quantitative estimate of drug-likeness (QED) is 0.242. The first-order chi connectivity index (χ1) is 9.22. The van der Waals surface area contributed by atoms with Gasteiger partial charge >= 0.3 is 0 Å². The second kappa shape index (κ2) is 14.2. The number of rotatable bonds is 13. The molecule has 0 atom stereocenters. The zero-order chi connectivity index (χ0) is 14.3. The fraction of sp³-hybridized carbons (Fsp3) is 0.895. The SMILES string of the molecule is CC=C(CCCCCCCCCCCCC)C(C)C. The van der Waals surface area contributed by atoms with Gasteiger partial charge in [0.2, 0.25) is 0 Å². The molecule has 0 spiro atoms. The smallest absolute Gasteiger partial charge is 0.0260 e. The molecule has 0 radical (unpaired) electrons. The third kappa shape index (κ3) is 12.5. The van der Waals surface area contributed by atoms with Gasteiger partial charge in [-0.25, -0.2) is 0 Å². The topological polar surface area (TPSA) is 0 Å². The lowest BCUT2D eigenvalue weighted by Gasteiger charge is -2.10. The summed E-state index contributed by atoms with van der Waals surface area (Å²) < 4.78 is 0. The van der Waals surface area contributed by atoms with Crippen LogP contribution >= 0.6 is 0 Å². The van der Waals surface area contributed by atoms with Gasteiger partial charge < -0.3 is 0 Å². The molecule has 0 aliphatic heterocycles. The highest BCUT2D eigenvalue weighted by Crippen LogP contribution is 2.18. The molecule has 0 rings (SSSR count). The Bertz CT molecular complexity index is 200. The molecule has 0 saturated heterocycles. The third-order valence-electron chi connectivity index (χ3n) is 4.18. The van der Waals surface area contributed by atoms with E-state index in [1.54, 1.807) is 5.57 Å². The molecule has 0 amide bonds. The highest BCUT2D eigenvalue weighted by atomic mass is 14.1. The average molecular weight is 267 g/mol. The Morgan fingerprint density at radius 3 is 1.53 bits per heavy atom. The summed E-state index contributed by atoms with van der Waals surface area (Å²) in [6.45, 7) is 9.11. The first-order valence-electron chi connectivity index (χ1n) is 8.87. The standard InChI is InChI=1S/C19H38/c1-5-7-8-9-10-11-12-13-14-15-16-17-19(6-2)18(3)4/h6,18H,5,7-17H2,1-4H3. The maximum atomic E-state index is 2.32. The van der Waals surface area contributed by atoms with Crippen molar-refractivity contribution in [2.75, 3.05) is 0 Å². The van der Waals surface area contributed by atoms with Crippen molar-refractivity contribution in [2.45, 2.75) is 105 Å². The Balaban J connectivity index is 3.19. The Hall–Kier alpha value is -0.260. The summed E-state index contributed by atoms with van der Waals surface area (Å²) in [5, 5.41) is 0. The van der Waals surface area contributed by atoms with Crippen LogP contribution in [-0.2, 0) is 0 Å². The van der Waals surface area contributed by atoms with Crippen LogP contribution in [0.2, 0.25) is 0 Å². The van der Waals surface area contributed by atoms with Gasteiger partial charge in [-0.2, -0.15) is 0 Å². The van der Waals surface area contributed by atoms with Crippen molar-refractivity contribution >= 4 is 0 Å². The summed E-state index contributed by atoms with van der Waals surface area (Å²) in [5.41, 5.74) is 1.65. The number of hydrogen-bond donors (Lipinski definition) is 0. The maximum absolute atomic E-state index is 2.32. The molecule has 0 aromatic carbocycles. The van der Waals surface area contributed by atoms with Gasteiger partial charge in [0.1, 0.15) is 0 Å². The number of hydrogen-bond acceptors (Lipinski definition) is 0. The molecular weight excluding hydrogens is 228 g/mol. The fourth-order valence-corrected chi connectivity index (χ4v) is 2.76. The molecule has 0 bridgehead atoms. The molecule has 0 aliphatic carbocycles. The molecule has 0 heteroatoms. The van der Waals surface area contributed by atoms with Crippen molar-refractivity contribution < 1.29 is 0 Å². The summed E-state index contributed by atoms with van der Waals surface area (Å²) in [6.07, 6.45) is 19.5. The third-order valence-corrected chi connectivity index (χ3v) is 4.18. The van der Waals surface area contributed by atoms with Crippen LogP contribution in [0.3, 0.4) is 0 Å². The second-order valence-corrected chi connectivity index (χ2v) is 6.30. The van der Waals surface area contributed by atoms with Crippen molar-refractivity contribution in [2.24, 2.45) is 5.92 Å². The van der Waals surface area contributed by atoms with Gasteiger partial charge in [0.25, 0.3) is 0 Å². The summed E-state index contributed by atoms with van der Waals surface area (Å²) in [6, 6.07) is 0. The van der Waals surface area contributed by atoms with E-state index in [1.807, 2.05) is 0 Å². The lowest BCUT2D eigenvalue weighted by atomic mass is 9.96. The number of allylic oxidation sites excluding steroid dienone is 2. The van der Waals surface area contributed by atoms with Crippen molar-refractivity contribution in [1.29, 1.82) is 0 Å². The number of unbranched alkanes of at least 4 members (excludes halogenated alkanes) is 10. The molecule has 0 aromatic rings. The minimum absolute atomic E-state index is 0.744. The first kappa shape index (κ1) is 18.7. The van der Waals surface area contributed by atoms with Gasteiger partial charge in [0.05, 0.1) is 0 Å². The van der Waals surface area contributed by atoms with Crippen LogP contribution in [0.15, 0.2) is 11.6 Å². The highest BCUT2D eigenvalue weighted by molar-refractivity contribution is 5.02. The molecule has 0 nitrogen and oxygen atoms in total. The molecule has 0 fully saturated rings.